The van der Waals surface area contributed by atoms with Gasteiger partial charge >= 0.3 is 0 Å². The molecule has 0 aromatic heterocycles. The van der Waals surface area contributed by atoms with Crippen molar-refractivity contribution in [2.24, 2.45) is 0 Å². The largest absolute Gasteiger partial charge is 0.493 e. The third-order valence-corrected chi connectivity index (χ3v) is 6.88. The van der Waals surface area contributed by atoms with Crippen LogP contribution in [-0.2, 0) is 21.2 Å². The number of amides is 1. The molecule has 2 aromatic rings. The molecule has 0 spiro atoms. The smallest absolute Gasteiger partial charge is 0.243 e. The van der Waals surface area contributed by atoms with Crippen LogP contribution in [0.4, 0.5) is 0 Å². The van der Waals surface area contributed by atoms with Crippen molar-refractivity contribution in [1.29, 1.82) is 0 Å². The summed E-state index contributed by atoms with van der Waals surface area (Å²) in [6.07, 6.45) is 2.50. The van der Waals surface area contributed by atoms with E-state index in [-0.39, 0.29) is 17.3 Å². The van der Waals surface area contributed by atoms with Crippen molar-refractivity contribution in [2.75, 3.05) is 40.6 Å². The van der Waals surface area contributed by atoms with Crippen LogP contribution in [0, 0.1) is 0 Å². The molecule has 9 heteroatoms. The number of nitrogens with zero attached hydrogens (tertiary/aromatic N) is 1. The van der Waals surface area contributed by atoms with Gasteiger partial charge in [0.25, 0.3) is 0 Å². The van der Waals surface area contributed by atoms with E-state index in [1.54, 1.807) is 44.6 Å². The Balaban J connectivity index is 1.89. The number of nitrogens with one attached hydrogen (secondary N) is 1. The number of ether oxygens (including phenoxy) is 2. The Bertz CT molecular complexity index is 930. The van der Waals surface area contributed by atoms with Crippen molar-refractivity contribution in [3.05, 3.63) is 48.0 Å². The van der Waals surface area contributed by atoms with E-state index in [4.69, 9.17) is 9.47 Å². The summed E-state index contributed by atoms with van der Waals surface area (Å²) in [5.74, 6) is 0.893. The van der Waals surface area contributed by atoms with Crippen LogP contribution in [0.25, 0.3) is 0 Å². The normalized spacial score (nSPS) is 11.3. The zero-order valence-corrected chi connectivity index (χ0v) is 18.6. The molecule has 7 nitrogen and oxygen atoms in total. The molecule has 1 amide bonds. The van der Waals surface area contributed by atoms with Crippen molar-refractivity contribution < 1.29 is 22.7 Å². The summed E-state index contributed by atoms with van der Waals surface area (Å²) >= 11 is 1.53. The Labute approximate surface area is 176 Å². The first kappa shape index (κ1) is 23.1. The van der Waals surface area contributed by atoms with Crippen molar-refractivity contribution >= 4 is 27.7 Å². The first-order valence-corrected chi connectivity index (χ1v) is 11.6. The summed E-state index contributed by atoms with van der Waals surface area (Å²) in [5.41, 5.74) is 0.970. The fraction of sp³-hybridized carbons (Fsp3) is 0.350. The van der Waals surface area contributed by atoms with Gasteiger partial charge in [-0.3, -0.25) is 4.79 Å². The van der Waals surface area contributed by atoms with E-state index in [1.165, 1.54) is 18.8 Å². The Morgan fingerprint density at radius 2 is 1.72 bits per heavy atom. The summed E-state index contributed by atoms with van der Waals surface area (Å²) in [6.45, 7) is 0.128. The number of rotatable bonds is 10. The van der Waals surface area contributed by atoms with E-state index in [0.717, 1.165) is 14.8 Å². The van der Waals surface area contributed by atoms with Gasteiger partial charge in [-0.2, -0.15) is 4.31 Å². The van der Waals surface area contributed by atoms with Gasteiger partial charge in [-0.25, -0.2) is 8.42 Å². The SMILES string of the molecule is COc1ccc(CCNC(=O)CN(C)S(=O)(=O)c2ccc(SC)cc2)cc1OC. The number of benzene rings is 2. The Morgan fingerprint density at radius 3 is 2.31 bits per heavy atom. The summed E-state index contributed by atoms with van der Waals surface area (Å²) in [4.78, 5) is 13.3. The van der Waals surface area contributed by atoms with Crippen LogP contribution >= 0.6 is 11.8 Å². The number of methoxy groups -OCH3 is 2. The van der Waals surface area contributed by atoms with Crippen molar-refractivity contribution in [3.63, 3.8) is 0 Å². The van der Waals surface area contributed by atoms with Crippen LogP contribution in [0.2, 0.25) is 0 Å². The van der Waals surface area contributed by atoms with Crippen molar-refractivity contribution in [3.8, 4) is 11.5 Å². The molecule has 158 valence electrons. The number of carbonyl (C=O) groups excluding carboxylic acids is 1. The molecule has 0 aliphatic rings. The highest BCUT2D eigenvalue weighted by Gasteiger charge is 2.22. The quantitative estimate of drug-likeness (QED) is 0.574. The van der Waals surface area contributed by atoms with Crippen LogP contribution in [0.5, 0.6) is 11.5 Å². The number of hydrogen-bond acceptors (Lipinski definition) is 6. The number of thioether (sulfide) groups is 1. The first-order chi connectivity index (χ1) is 13.8. The molecule has 0 atom stereocenters. The molecule has 0 heterocycles. The summed E-state index contributed by atoms with van der Waals surface area (Å²) < 4.78 is 36.7. The third kappa shape index (κ3) is 6.12. The van der Waals surface area contributed by atoms with E-state index >= 15 is 0 Å². The molecule has 2 aromatic carbocycles. The topological polar surface area (TPSA) is 84.9 Å². The predicted octanol–water partition coefficient (Wildman–Crippen LogP) is 2.41. The van der Waals surface area contributed by atoms with Gasteiger partial charge < -0.3 is 14.8 Å². The summed E-state index contributed by atoms with van der Waals surface area (Å²) in [5, 5.41) is 2.75. The minimum atomic E-state index is -3.72. The van der Waals surface area contributed by atoms with Crippen LogP contribution in [0.3, 0.4) is 0 Å². The molecule has 1 N–H and O–H groups in total. The van der Waals surface area contributed by atoms with E-state index in [0.29, 0.717) is 24.5 Å². The lowest BCUT2D eigenvalue weighted by atomic mass is 10.1. The molecule has 0 saturated carbocycles. The van der Waals surface area contributed by atoms with Gasteiger partial charge in [0.2, 0.25) is 15.9 Å². The maximum absolute atomic E-state index is 12.6. The molecule has 0 radical (unpaired) electrons. The highest BCUT2D eigenvalue weighted by atomic mass is 32.2. The monoisotopic (exact) mass is 438 g/mol. The molecule has 2 rings (SSSR count). The zero-order valence-electron chi connectivity index (χ0n) is 17.0. The van der Waals surface area contributed by atoms with Gasteiger partial charge in [-0.1, -0.05) is 6.07 Å². The van der Waals surface area contributed by atoms with Gasteiger partial charge in [-0.15, -0.1) is 11.8 Å². The predicted molar refractivity (Wildman–Crippen MR) is 114 cm³/mol. The van der Waals surface area contributed by atoms with Crippen LogP contribution in [0.1, 0.15) is 5.56 Å². The Kier molecular flexibility index (Phi) is 8.36. The molecule has 0 aliphatic heterocycles. The van der Waals surface area contributed by atoms with Crippen molar-refractivity contribution in [2.45, 2.75) is 16.2 Å². The highest BCUT2D eigenvalue weighted by Crippen LogP contribution is 2.27. The maximum Gasteiger partial charge on any atom is 0.243 e. The number of likely N-dealkylation sites (N-methyl/N-ethyl adjacent to an activating group) is 1. The minimum Gasteiger partial charge on any atom is -0.493 e. The third-order valence-electron chi connectivity index (χ3n) is 4.32. The molecular formula is C20H26N2O5S2. The molecule has 0 bridgehead atoms. The lowest BCUT2D eigenvalue weighted by Crippen LogP contribution is -2.39. The fourth-order valence-corrected chi connectivity index (χ4v) is 4.19. The molecule has 29 heavy (non-hydrogen) atoms. The van der Waals surface area contributed by atoms with Gasteiger partial charge in [0.05, 0.1) is 25.7 Å². The zero-order chi connectivity index (χ0) is 21.4. The number of sulfonamides is 1. The minimum absolute atomic E-state index is 0.163. The second kappa shape index (κ2) is 10.5. The van der Waals surface area contributed by atoms with Gasteiger partial charge in [0, 0.05) is 18.5 Å². The average Bonchev–Trinajstić information content (AvgIpc) is 2.73. The summed E-state index contributed by atoms with van der Waals surface area (Å²) in [7, 11) is 0.807. The number of hydrogen-bond donors (Lipinski definition) is 1. The first-order valence-electron chi connectivity index (χ1n) is 8.89. The van der Waals surface area contributed by atoms with Gasteiger partial charge in [-0.05, 0) is 54.6 Å². The van der Waals surface area contributed by atoms with Gasteiger partial charge in [0.15, 0.2) is 11.5 Å². The van der Waals surface area contributed by atoms with E-state index in [9.17, 15) is 13.2 Å². The maximum atomic E-state index is 12.6. The van der Waals surface area contributed by atoms with E-state index < -0.39 is 10.0 Å². The highest BCUT2D eigenvalue weighted by molar-refractivity contribution is 7.98. The van der Waals surface area contributed by atoms with Crippen LogP contribution in [0.15, 0.2) is 52.3 Å². The fourth-order valence-electron chi connectivity index (χ4n) is 2.65. The average molecular weight is 439 g/mol. The van der Waals surface area contributed by atoms with Crippen molar-refractivity contribution in [1.82, 2.24) is 9.62 Å². The second-order valence-electron chi connectivity index (χ2n) is 6.23. The Hall–Kier alpha value is -2.23. The van der Waals surface area contributed by atoms with E-state index in [2.05, 4.69) is 5.32 Å². The lowest BCUT2D eigenvalue weighted by molar-refractivity contribution is -0.121. The second-order valence-corrected chi connectivity index (χ2v) is 9.15. The number of carbonyl (C=O) groups is 1. The molecule has 0 aliphatic carbocycles. The molecule has 0 fully saturated rings. The van der Waals surface area contributed by atoms with E-state index in [1.807, 2.05) is 18.4 Å². The van der Waals surface area contributed by atoms with Crippen LogP contribution < -0.4 is 14.8 Å². The lowest BCUT2D eigenvalue weighted by Gasteiger charge is -2.17. The standard InChI is InChI=1S/C20H26N2O5S2/c1-22(29(24,25)17-8-6-16(28-4)7-9-17)14-20(23)21-12-11-15-5-10-18(26-2)19(13-15)27-3/h5-10,13H,11-12,14H2,1-4H3,(H,21,23). The summed E-state index contributed by atoms with van der Waals surface area (Å²) in [6, 6.07) is 12.1. The van der Waals surface area contributed by atoms with Gasteiger partial charge in [0.1, 0.15) is 0 Å². The molecular weight excluding hydrogens is 412 g/mol. The van der Waals surface area contributed by atoms with Crippen LogP contribution in [-0.4, -0.2) is 59.2 Å². The Morgan fingerprint density at radius 1 is 1.07 bits per heavy atom. The molecule has 0 unspecified atom stereocenters. The molecule has 0 saturated heterocycles.